The van der Waals surface area contributed by atoms with E-state index in [1.807, 2.05) is 0 Å². The summed E-state index contributed by atoms with van der Waals surface area (Å²) < 4.78 is 5.61. The summed E-state index contributed by atoms with van der Waals surface area (Å²) in [5.74, 6) is 3.87. The molecule has 0 aromatic carbocycles. The van der Waals surface area contributed by atoms with Crippen LogP contribution in [0.1, 0.15) is 71.6 Å². The summed E-state index contributed by atoms with van der Waals surface area (Å²) in [4.78, 5) is 24.3. The molecule has 0 spiro atoms. The lowest BCUT2D eigenvalue weighted by molar-refractivity contribution is -0.152. The van der Waals surface area contributed by atoms with Crippen LogP contribution in [0.25, 0.3) is 0 Å². The minimum Gasteiger partial charge on any atom is -0.462 e. The van der Waals surface area contributed by atoms with Crippen molar-refractivity contribution in [1.82, 2.24) is 0 Å². The molecule has 24 heavy (non-hydrogen) atoms. The predicted molar refractivity (Wildman–Crippen MR) is 90.1 cm³/mol. The lowest BCUT2D eigenvalue weighted by Crippen LogP contribution is -2.55. The normalized spacial score (nSPS) is 56.1. The van der Waals surface area contributed by atoms with Gasteiger partial charge in [0.2, 0.25) is 0 Å². The lowest BCUT2D eigenvalue weighted by atomic mass is 9.44. The number of rotatable bonds is 0. The average Bonchev–Trinajstić information content (AvgIpc) is 3.03. The van der Waals surface area contributed by atoms with Crippen LogP contribution in [0.15, 0.2) is 0 Å². The Morgan fingerprint density at radius 1 is 1.04 bits per heavy atom. The molecule has 4 aliphatic carbocycles. The third-order valence-corrected chi connectivity index (χ3v) is 9.23. The van der Waals surface area contributed by atoms with Crippen LogP contribution in [0, 0.1) is 40.4 Å². The summed E-state index contributed by atoms with van der Waals surface area (Å²) in [5.41, 5.74) is 0.346. The van der Waals surface area contributed by atoms with Crippen molar-refractivity contribution < 1.29 is 14.3 Å². The highest BCUT2D eigenvalue weighted by Gasteiger charge is 2.62. The molecule has 0 unspecified atom stereocenters. The summed E-state index contributed by atoms with van der Waals surface area (Å²) >= 11 is 0. The zero-order valence-electron chi connectivity index (χ0n) is 15.1. The van der Waals surface area contributed by atoms with Gasteiger partial charge in [0.15, 0.2) is 0 Å². The minimum atomic E-state index is -0.0198. The van der Waals surface area contributed by atoms with Gasteiger partial charge in [0.05, 0.1) is 6.42 Å². The number of esters is 1. The number of hydrogen-bond acceptors (Lipinski definition) is 3. The summed E-state index contributed by atoms with van der Waals surface area (Å²) in [6, 6.07) is 0. The van der Waals surface area contributed by atoms with E-state index in [-0.39, 0.29) is 17.5 Å². The first kappa shape index (κ1) is 15.4. The molecule has 5 fully saturated rings. The molecule has 8 atom stereocenters. The summed E-state index contributed by atoms with van der Waals surface area (Å²) in [6.45, 7) is 4.78. The SMILES string of the molecule is C[C@]12C[C@H]3CC(=O)O[C@@H]3C[C@@H]1CC[C@@H]1[C@@H]2CC[C@]2(C)C(=O)CC[C@@H]12. The van der Waals surface area contributed by atoms with Gasteiger partial charge in [-0.05, 0) is 74.0 Å². The fourth-order valence-electron chi connectivity index (χ4n) is 7.96. The first-order chi connectivity index (χ1) is 11.4. The molecule has 4 saturated carbocycles. The van der Waals surface area contributed by atoms with Crippen molar-refractivity contribution in [3.8, 4) is 0 Å². The van der Waals surface area contributed by atoms with Crippen LogP contribution >= 0.6 is 0 Å². The molecule has 3 heteroatoms. The van der Waals surface area contributed by atoms with Gasteiger partial charge in [-0.1, -0.05) is 13.8 Å². The van der Waals surface area contributed by atoms with E-state index in [2.05, 4.69) is 13.8 Å². The topological polar surface area (TPSA) is 43.4 Å². The molecular weight excluding hydrogens is 300 g/mol. The number of Topliss-reactive ketones (excluding diaryl/α,β-unsaturated/α-hetero) is 1. The highest BCUT2D eigenvalue weighted by atomic mass is 16.5. The smallest absolute Gasteiger partial charge is 0.306 e. The van der Waals surface area contributed by atoms with Crippen molar-refractivity contribution in [3.05, 3.63) is 0 Å². The van der Waals surface area contributed by atoms with E-state index in [1.54, 1.807) is 0 Å². The Bertz CT molecular complexity index is 598. The highest BCUT2D eigenvalue weighted by Crippen LogP contribution is 2.66. The Labute approximate surface area is 144 Å². The fraction of sp³-hybridized carbons (Fsp3) is 0.905. The van der Waals surface area contributed by atoms with Gasteiger partial charge < -0.3 is 4.74 Å². The van der Waals surface area contributed by atoms with E-state index in [1.165, 1.54) is 25.7 Å². The molecule has 5 rings (SSSR count). The van der Waals surface area contributed by atoms with Gasteiger partial charge in [0.1, 0.15) is 11.9 Å². The molecule has 0 aromatic heterocycles. The second-order valence-electron chi connectivity index (χ2n) is 10.0. The number of fused-ring (bicyclic) bond motifs is 6. The first-order valence-corrected chi connectivity index (χ1v) is 10.1. The van der Waals surface area contributed by atoms with E-state index in [0.29, 0.717) is 35.4 Å². The number of carbonyl (C=O) groups is 2. The van der Waals surface area contributed by atoms with Crippen LogP contribution in [0.4, 0.5) is 0 Å². The van der Waals surface area contributed by atoms with Crippen molar-refractivity contribution in [2.75, 3.05) is 0 Å². The standard InChI is InChI=1S/C21H30O3/c1-20-8-7-16-14(15(20)5-6-18(20)22)4-3-13-10-17-12(9-19(23)24-17)11-21(13,16)2/h12-17H,3-11H2,1-2H3/t12-,13+,14+,15+,16+,17-,20+,21+/m1/s1. The van der Waals surface area contributed by atoms with Gasteiger partial charge in [0.25, 0.3) is 0 Å². The summed E-state index contributed by atoms with van der Waals surface area (Å²) in [7, 11) is 0. The molecule has 0 N–H and O–H groups in total. The van der Waals surface area contributed by atoms with E-state index in [0.717, 1.165) is 37.5 Å². The Balaban J connectivity index is 1.45. The molecule has 1 aliphatic heterocycles. The summed E-state index contributed by atoms with van der Waals surface area (Å²) in [5, 5.41) is 0. The quantitative estimate of drug-likeness (QED) is 0.627. The second kappa shape index (κ2) is 4.86. The van der Waals surface area contributed by atoms with E-state index < -0.39 is 0 Å². The first-order valence-electron chi connectivity index (χ1n) is 10.1. The van der Waals surface area contributed by atoms with Gasteiger partial charge in [-0.2, -0.15) is 0 Å². The van der Waals surface area contributed by atoms with Gasteiger partial charge >= 0.3 is 5.97 Å². The number of hydrogen-bond donors (Lipinski definition) is 0. The van der Waals surface area contributed by atoms with E-state index in [4.69, 9.17) is 4.74 Å². The number of ketones is 1. The second-order valence-corrected chi connectivity index (χ2v) is 10.0. The minimum absolute atomic E-state index is 0.0198. The highest BCUT2D eigenvalue weighted by molar-refractivity contribution is 5.87. The Morgan fingerprint density at radius 3 is 2.71 bits per heavy atom. The third-order valence-electron chi connectivity index (χ3n) is 9.23. The van der Waals surface area contributed by atoms with Crippen molar-refractivity contribution >= 4 is 11.8 Å². The Hall–Kier alpha value is -0.860. The van der Waals surface area contributed by atoms with Crippen molar-refractivity contribution in [3.63, 3.8) is 0 Å². The fourth-order valence-corrected chi connectivity index (χ4v) is 7.96. The number of ether oxygens (including phenoxy) is 1. The molecule has 1 saturated heterocycles. The van der Waals surface area contributed by atoms with Gasteiger partial charge in [-0.15, -0.1) is 0 Å². The van der Waals surface area contributed by atoms with Gasteiger partial charge in [-0.3, -0.25) is 9.59 Å². The van der Waals surface area contributed by atoms with Crippen LogP contribution in [0.3, 0.4) is 0 Å². The monoisotopic (exact) mass is 330 g/mol. The molecule has 0 bridgehead atoms. The molecule has 3 nitrogen and oxygen atoms in total. The zero-order chi connectivity index (χ0) is 16.7. The molecule has 0 aromatic rings. The maximum absolute atomic E-state index is 12.5. The maximum Gasteiger partial charge on any atom is 0.306 e. The Morgan fingerprint density at radius 2 is 1.88 bits per heavy atom. The van der Waals surface area contributed by atoms with Crippen LogP contribution in [-0.4, -0.2) is 17.9 Å². The Kier molecular flexibility index (Phi) is 3.12. The van der Waals surface area contributed by atoms with E-state index in [9.17, 15) is 9.59 Å². The van der Waals surface area contributed by atoms with Gasteiger partial charge in [-0.25, -0.2) is 0 Å². The van der Waals surface area contributed by atoms with E-state index >= 15 is 0 Å². The van der Waals surface area contributed by atoms with Crippen LogP contribution in [0.5, 0.6) is 0 Å². The van der Waals surface area contributed by atoms with Crippen molar-refractivity contribution in [1.29, 1.82) is 0 Å². The zero-order valence-corrected chi connectivity index (χ0v) is 15.1. The summed E-state index contributed by atoms with van der Waals surface area (Å²) in [6.07, 6.45) is 9.96. The molecule has 132 valence electrons. The number of carbonyl (C=O) groups excluding carboxylic acids is 2. The maximum atomic E-state index is 12.5. The van der Waals surface area contributed by atoms with Crippen LogP contribution in [-0.2, 0) is 14.3 Å². The molecular formula is C21H30O3. The average molecular weight is 330 g/mol. The van der Waals surface area contributed by atoms with Crippen LogP contribution < -0.4 is 0 Å². The lowest BCUT2D eigenvalue weighted by Gasteiger charge is -2.60. The van der Waals surface area contributed by atoms with Crippen molar-refractivity contribution in [2.24, 2.45) is 40.4 Å². The molecule has 0 radical (unpaired) electrons. The predicted octanol–water partition coefficient (Wildman–Crippen LogP) is 4.14. The molecule has 1 heterocycles. The third kappa shape index (κ3) is 1.85. The molecule has 5 aliphatic rings. The van der Waals surface area contributed by atoms with Gasteiger partial charge in [0, 0.05) is 17.8 Å². The largest absolute Gasteiger partial charge is 0.462 e. The van der Waals surface area contributed by atoms with Crippen molar-refractivity contribution in [2.45, 2.75) is 77.7 Å². The van der Waals surface area contributed by atoms with Crippen LogP contribution in [0.2, 0.25) is 0 Å². The molecule has 0 amide bonds.